The number of thiophene rings is 1. The van der Waals surface area contributed by atoms with Gasteiger partial charge in [-0.2, -0.15) is 4.98 Å². The lowest BCUT2D eigenvalue weighted by Crippen LogP contribution is -1.97. The lowest BCUT2D eigenvalue weighted by molar-refractivity contribution is -0.386. The summed E-state index contributed by atoms with van der Waals surface area (Å²) in [4.78, 5) is 15.7. The molecular formula is C17H11N3O5S. The summed E-state index contributed by atoms with van der Waals surface area (Å²) in [7, 11) is 0. The lowest BCUT2D eigenvalue weighted by Gasteiger charge is -2.04. The van der Waals surface area contributed by atoms with Crippen LogP contribution in [0, 0.1) is 10.1 Å². The van der Waals surface area contributed by atoms with Crippen molar-refractivity contribution in [1.82, 2.24) is 10.1 Å². The van der Waals surface area contributed by atoms with Gasteiger partial charge in [-0.25, -0.2) is 0 Å². The Hall–Kier alpha value is -3.46. The van der Waals surface area contributed by atoms with E-state index in [-0.39, 0.29) is 23.9 Å². The van der Waals surface area contributed by atoms with Gasteiger partial charge in [0, 0.05) is 6.07 Å². The van der Waals surface area contributed by atoms with Crippen LogP contribution >= 0.6 is 11.3 Å². The van der Waals surface area contributed by atoms with Gasteiger partial charge >= 0.3 is 5.69 Å². The highest BCUT2D eigenvalue weighted by atomic mass is 32.1. The molecule has 3 heterocycles. The summed E-state index contributed by atoms with van der Waals surface area (Å²) in [5.74, 6) is 1.80. The largest absolute Gasteiger partial charge is 0.479 e. The topological polar surface area (TPSA) is 104 Å². The van der Waals surface area contributed by atoms with E-state index in [1.165, 1.54) is 23.5 Å². The van der Waals surface area contributed by atoms with Crippen LogP contribution in [-0.4, -0.2) is 15.1 Å². The summed E-state index contributed by atoms with van der Waals surface area (Å²) >= 11 is 1.51. The number of nitrogens with zero attached hydrogens (tertiary/aromatic N) is 3. The van der Waals surface area contributed by atoms with Crippen molar-refractivity contribution < 1.29 is 18.6 Å². The first-order valence-corrected chi connectivity index (χ1v) is 8.41. The summed E-state index contributed by atoms with van der Waals surface area (Å²) < 4.78 is 16.4. The standard InChI is InChI=1S/C17H11N3O5S/c21-20(22)12-4-1-2-5-13(12)23-10-11-7-8-14(24-11)17-18-16(19-25-17)15-6-3-9-26-15/h1-9H,10H2. The quantitative estimate of drug-likeness (QED) is 0.363. The van der Waals surface area contributed by atoms with Crippen molar-refractivity contribution in [2.24, 2.45) is 0 Å². The molecule has 8 nitrogen and oxygen atoms in total. The fourth-order valence-corrected chi connectivity index (χ4v) is 2.93. The number of benzene rings is 1. The van der Waals surface area contributed by atoms with Gasteiger partial charge in [-0.3, -0.25) is 10.1 Å². The minimum absolute atomic E-state index is 0.0385. The molecule has 0 fully saturated rings. The molecule has 0 bridgehead atoms. The molecule has 0 unspecified atom stereocenters. The summed E-state index contributed by atoms with van der Waals surface area (Å²) in [5, 5.41) is 16.9. The Balaban J connectivity index is 1.48. The molecular weight excluding hydrogens is 358 g/mol. The number of hydrogen-bond acceptors (Lipinski definition) is 8. The molecule has 0 saturated carbocycles. The summed E-state index contributed by atoms with van der Waals surface area (Å²) in [5.41, 5.74) is -0.100. The number of nitro groups is 1. The molecule has 4 rings (SSSR count). The zero-order valence-electron chi connectivity index (χ0n) is 13.2. The van der Waals surface area contributed by atoms with Gasteiger partial charge in [-0.15, -0.1) is 11.3 Å². The Bertz CT molecular complexity index is 1040. The molecule has 3 aromatic heterocycles. The molecule has 130 valence electrons. The van der Waals surface area contributed by atoms with E-state index in [0.717, 1.165) is 4.88 Å². The monoisotopic (exact) mass is 369 g/mol. The molecule has 0 aliphatic carbocycles. The van der Waals surface area contributed by atoms with Crippen molar-refractivity contribution in [2.45, 2.75) is 6.61 Å². The average molecular weight is 369 g/mol. The van der Waals surface area contributed by atoms with Crippen LogP contribution in [0.15, 0.2) is 62.9 Å². The van der Waals surface area contributed by atoms with E-state index < -0.39 is 4.92 Å². The normalized spacial score (nSPS) is 10.8. The van der Waals surface area contributed by atoms with Crippen molar-refractivity contribution in [2.75, 3.05) is 0 Å². The molecule has 0 saturated heterocycles. The molecule has 0 aliphatic rings. The van der Waals surface area contributed by atoms with Gasteiger partial charge in [0.1, 0.15) is 12.4 Å². The molecule has 0 spiro atoms. The average Bonchev–Trinajstić information content (AvgIpc) is 3.40. The molecule has 26 heavy (non-hydrogen) atoms. The Kier molecular flexibility index (Phi) is 4.20. The van der Waals surface area contributed by atoms with Gasteiger partial charge in [0.25, 0.3) is 5.89 Å². The number of aromatic nitrogens is 2. The first kappa shape index (κ1) is 16.0. The maximum Gasteiger partial charge on any atom is 0.310 e. The van der Waals surface area contributed by atoms with E-state index in [9.17, 15) is 10.1 Å². The molecule has 0 N–H and O–H groups in total. The smallest absolute Gasteiger partial charge is 0.310 e. The maximum atomic E-state index is 11.0. The predicted molar refractivity (Wildman–Crippen MR) is 92.7 cm³/mol. The fourth-order valence-electron chi connectivity index (χ4n) is 2.28. The van der Waals surface area contributed by atoms with Crippen molar-refractivity contribution >= 4 is 17.0 Å². The summed E-state index contributed by atoms with van der Waals surface area (Å²) in [6.07, 6.45) is 0. The lowest BCUT2D eigenvalue weighted by atomic mass is 10.3. The number of para-hydroxylation sites is 2. The first-order valence-electron chi connectivity index (χ1n) is 7.53. The van der Waals surface area contributed by atoms with Crippen LogP contribution in [0.2, 0.25) is 0 Å². The highest BCUT2D eigenvalue weighted by Gasteiger charge is 2.17. The van der Waals surface area contributed by atoms with E-state index in [1.54, 1.807) is 24.3 Å². The van der Waals surface area contributed by atoms with Crippen molar-refractivity contribution in [3.8, 4) is 28.1 Å². The zero-order valence-corrected chi connectivity index (χ0v) is 14.0. The van der Waals surface area contributed by atoms with Crippen LogP contribution in [0.5, 0.6) is 5.75 Å². The molecule has 0 atom stereocenters. The maximum absolute atomic E-state index is 11.0. The Morgan fingerprint density at radius 3 is 2.85 bits per heavy atom. The number of rotatable bonds is 6. The molecule has 0 aliphatic heterocycles. The highest BCUT2D eigenvalue weighted by Crippen LogP contribution is 2.29. The molecule has 0 radical (unpaired) electrons. The second-order valence-electron chi connectivity index (χ2n) is 5.18. The van der Waals surface area contributed by atoms with Crippen molar-refractivity contribution in [3.05, 3.63) is 69.8 Å². The molecule has 9 heteroatoms. The fraction of sp³-hybridized carbons (Fsp3) is 0.0588. The molecule has 1 aromatic carbocycles. The van der Waals surface area contributed by atoms with E-state index in [1.807, 2.05) is 17.5 Å². The number of nitro benzene ring substituents is 1. The Labute approximate surface area is 150 Å². The van der Waals surface area contributed by atoms with Gasteiger partial charge in [-0.05, 0) is 29.6 Å². The Morgan fingerprint density at radius 2 is 2.04 bits per heavy atom. The van der Waals surface area contributed by atoms with E-state index in [4.69, 9.17) is 13.7 Å². The number of furan rings is 1. The van der Waals surface area contributed by atoms with Crippen molar-refractivity contribution in [1.29, 1.82) is 0 Å². The predicted octanol–water partition coefficient (Wildman–Crippen LogP) is 4.55. The van der Waals surface area contributed by atoms with Crippen LogP contribution in [0.3, 0.4) is 0 Å². The van der Waals surface area contributed by atoms with Crippen LogP contribution < -0.4 is 4.74 Å². The van der Waals surface area contributed by atoms with E-state index in [0.29, 0.717) is 17.3 Å². The Morgan fingerprint density at radius 1 is 1.15 bits per heavy atom. The minimum atomic E-state index is -0.493. The molecule has 0 amide bonds. The van der Waals surface area contributed by atoms with Gasteiger partial charge in [0.15, 0.2) is 11.5 Å². The zero-order chi connectivity index (χ0) is 17.9. The summed E-state index contributed by atoms with van der Waals surface area (Å²) in [6, 6.07) is 13.3. The van der Waals surface area contributed by atoms with Crippen LogP contribution in [0.4, 0.5) is 5.69 Å². The minimum Gasteiger partial charge on any atom is -0.479 e. The van der Waals surface area contributed by atoms with Gasteiger partial charge in [0.05, 0.1) is 9.80 Å². The first-order chi connectivity index (χ1) is 12.7. The third-order valence-corrected chi connectivity index (χ3v) is 4.34. The van der Waals surface area contributed by atoms with E-state index in [2.05, 4.69) is 10.1 Å². The number of hydrogen-bond donors (Lipinski definition) is 0. The number of ether oxygens (including phenoxy) is 1. The second kappa shape index (κ2) is 6.81. The van der Waals surface area contributed by atoms with Crippen LogP contribution in [0.1, 0.15) is 5.76 Å². The SMILES string of the molecule is O=[N+]([O-])c1ccccc1OCc1ccc(-c2nc(-c3cccs3)no2)o1. The summed E-state index contributed by atoms with van der Waals surface area (Å²) in [6.45, 7) is 0.0385. The highest BCUT2D eigenvalue weighted by molar-refractivity contribution is 7.13. The van der Waals surface area contributed by atoms with Gasteiger partial charge in [0.2, 0.25) is 5.82 Å². The molecule has 4 aromatic rings. The van der Waals surface area contributed by atoms with Crippen LogP contribution in [0.25, 0.3) is 22.4 Å². The second-order valence-corrected chi connectivity index (χ2v) is 6.13. The van der Waals surface area contributed by atoms with E-state index >= 15 is 0 Å². The third kappa shape index (κ3) is 3.20. The van der Waals surface area contributed by atoms with Crippen molar-refractivity contribution in [3.63, 3.8) is 0 Å². The third-order valence-electron chi connectivity index (χ3n) is 3.47. The van der Waals surface area contributed by atoms with Gasteiger partial charge < -0.3 is 13.7 Å². The van der Waals surface area contributed by atoms with Crippen LogP contribution in [-0.2, 0) is 6.61 Å². The van der Waals surface area contributed by atoms with Gasteiger partial charge in [-0.1, -0.05) is 23.4 Å².